The second-order valence-corrected chi connectivity index (χ2v) is 8.52. The van der Waals surface area contributed by atoms with Crippen molar-refractivity contribution in [3.63, 3.8) is 0 Å². The predicted molar refractivity (Wildman–Crippen MR) is 121 cm³/mol. The van der Waals surface area contributed by atoms with E-state index in [1.807, 2.05) is 29.8 Å². The number of fused-ring (bicyclic) bond motifs is 1. The number of anilines is 1. The molecule has 174 valence electrons. The van der Waals surface area contributed by atoms with Gasteiger partial charge in [-0.25, -0.2) is 14.8 Å². The van der Waals surface area contributed by atoms with Crippen molar-refractivity contribution in [1.29, 1.82) is 0 Å². The highest BCUT2D eigenvalue weighted by Crippen LogP contribution is 2.36. The van der Waals surface area contributed by atoms with Gasteiger partial charge in [0, 0.05) is 62.0 Å². The first-order valence-electron chi connectivity index (χ1n) is 10.9. The maximum absolute atomic E-state index is 11.3. The SMILES string of the molecule is CO[C@@]1(c2cc(OCC3COC3)cc(-n3cc(C)c4cnc(NC(N)=O)cc43)n2)CCOC1. The second-order valence-electron chi connectivity index (χ2n) is 8.52. The number of nitrogens with zero attached hydrogens (tertiary/aromatic N) is 3. The Hall–Kier alpha value is -3.21. The largest absolute Gasteiger partial charge is 0.493 e. The molecule has 2 aliphatic rings. The van der Waals surface area contributed by atoms with Crippen LogP contribution in [0.15, 0.2) is 30.6 Å². The second kappa shape index (κ2) is 8.62. The molecule has 0 saturated carbocycles. The minimum Gasteiger partial charge on any atom is -0.493 e. The Labute approximate surface area is 191 Å². The van der Waals surface area contributed by atoms with Crippen LogP contribution in [0.25, 0.3) is 16.7 Å². The van der Waals surface area contributed by atoms with E-state index in [9.17, 15) is 4.79 Å². The highest BCUT2D eigenvalue weighted by atomic mass is 16.5. The number of rotatable bonds is 7. The molecule has 5 heterocycles. The third-order valence-electron chi connectivity index (χ3n) is 6.21. The highest BCUT2D eigenvalue weighted by Gasteiger charge is 2.39. The molecule has 0 bridgehead atoms. The number of urea groups is 1. The van der Waals surface area contributed by atoms with E-state index >= 15 is 0 Å². The zero-order valence-electron chi connectivity index (χ0n) is 18.7. The van der Waals surface area contributed by atoms with Gasteiger partial charge in [-0.2, -0.15) is 0 Å². The zero-order chi connectivity index (χ0) is 23.0. The molecule has 10 heteroatoms. The summed E-state index contributed by atoms with van der Waals surface area (Å²) in [5.74, 6) is 2.13. The summed E-state index contributed by atoms with van der Waals surface area (Å²) in [6.45, 7) is 5.03. The molecular formula is C23H27N5O5. The number of carbonyl (C=O) groups is 1. The minimum atomic E-state index is -0.671. The number of amides is 2. The zero-order valence-corrected chi connectivity index (χ0v) is 18.7. The van der Waals surface area contributed by atoms with Crippen molar-refractivity contribution >= 4 is 22.8 Å². The van der Waals surface area contributed by atoms with Crippen LogP contribution in [0.4, 0.5) is 10.6 Å². The number of aryl methyl sites for hydroxylation is 1. The van der Waals surface area contributed by atoms with Crippen LogP contribution in [0.1, 0.15) is 17.7 Å². The van der Waals surface area contributed by atoms with Crippen molar-refractivity contribution < 1.29 is 23.7 Å². The first-order valence-corrected chi connectivity index (χ1v) is 10.9. The molecule has 2 amide bonds. The Kier molecular flexibility index (Phi) is 5.65. The fourth-order valence-corrected chi connectivity index (χ4v) is 4.21. The molecule has 0 radical (unpaired) electrons. The van der Waals surface area contributed by atoms with Crippen molar-refractivity contribution in [2.75, 3.05) is 45.5 Å². The first-order chi connectivity index (χ1) is 16.0. The molecular weight excluding hydrogens is 426 g/mol. The monoisotopic (exact) mass is 453 g/mol. The molecule has 3 N–H and O–H groups in total. The lowest BCUT2D eigenvalue weighted by atomic mass is 9.97. The number of carbonyl (C=O) groups excluding carboxylic acids is 1. The quantitative estimate of drug-likeness (QED) is 0.563. The van der Waals surface area contributed by atoms with Gasteiger partial charge in [0.25, 0.3) is 0 Å². The van der Waals surface area contributed by atoms with Crippen molar-refractivity contribution in [3.8, 4) is 11.6 Å². The van der Waals surface area contributed by atoms with Gasteiger partial charge in [-0.05, 0) is 12.5 Å². The average molecular weight is 453 g/mol. The van der Waals surface area contributed by atoms with Gasteiger partial charge in [-0.3, -0.25) is 5.32 Å². The van der Waals surface area contributed by atoms with Crippen LogP contribution in [0.3, 0.4) is 0 Å². The van der Waals surface area contributed by atoms with Crippen LogP contribution in [0.5, 0.6) is 5.75 Å². The summed E-state index contributed by atoms with van der Waals surface area (Å²) >= 11 is 0. The molecule has 0 aliphatic carbocycles. The van der Waals surface area contributed by atoms with Crippen LogP contribution in [0.2, 0.25) is 0 Å². The maximum Gasteiger partial charge on any atom is 0.317 e. The molecule has 2 saturated heterocycles. The van der Waals surface area contributed by atoms with E-state index in [1.165, 1.54) is 0 Å². The lowest BCUT2D eigenvalue weighted by Crippen LogP contribution is -2.33. The number of nitrogens with one attached hydrogen (secondary N) is 1. The standard InChI is InChI=1S/C23H27N5O5/c1-14-9-28(18-7-20(27-22(24)29)25-8-17(14)18)21-6-16(33-12-15-10-32-11-15)5-19(26-21)23(30-2)3-4-31-13-23/h5-9,15H,3-4,10-13H2,1-2H3,(H3,24,25,27,29)/t23-/m0/s1. The number of ether oxygens (including phenoxy) is 4. The summed E-state index contributed by atoms with van der Waals surface area (Å²) in [6.07, 6.45) is 4.41. The molecule has 3 aromatic rings. The number of pyridine rings is 2. The lowest BCUT2D eigenvalue weighted by Gasteiger charge is -2.28. The van der Waals surface area contributed by atoms with E-state index in [4.69, 9.17) is 29.7 Å². The highest BCUT2D eigenvalue weighted by molar-refractivity contribution is 5.91. The van der Waals surface area contributed by atoms with Crippen LogP contribution in [-0.2, 0) is 19.8 Å². The van der Waals surface area contributed by atoms with Crippen LogP contribution in [-0.4, -0.2) is 60.7 Å². The Morgan fingerprint density at radius 3 is 2.85 bits per heavy atom. The summed E-state index contributed by atoms with van der Waals surface area (Å²) in [5, 5.41) is 3.48. The third kappa shape index (κ3) is 4.12. The molecule has 2 aliphatic heterocycles. The van der Waals surface area contributed by atoms with E-state index < -0.39 is 11.6 Å². The Bertz CT molecular complexity index is 1180. The van der Waals surface area contributed by atoms with Gasteiger partial charge in [-0.1, -0.05) is 0 Å². The van der Waals surface area contributed by atoms with Gasteiger partial charge < -0.3 is 29.2 Å². The van der Waals surface area contributed by atoms with Crippen molar-refractivity contribution in [3.05, 3.63) is 41.9 Å². The number of hydrogen-bond donors (Lipinski definition) is 2. The van der Waals surface area contributed by atoms with Crippen LogP contribution >= 0.6 is 0 Å². The Morgan fingerprint density at radius 1 is 1.33 bits per heavy atom. The van der Waals surface area contributed by atoms with E-state index in [-0.39, 0.29) is 0 Å². The lowest BCUT2D eigenvalue weighted by molar-refractivity contribution is -0.0510. The number of methoxy groups -OCH3 is 1. The molecule has 0 aromatic carbocycles. The molecule has 2 fully saturated rings. The van der Waals surface area contributed by atoms with Crippen LogP contribution in [0, 0.1) is 12.8 Å². The van der Waals surface area contributed by atoms with E-state index in [1.54, 1.807) is 19.4 Å². The van der Waals surface area contributed by atoms with E-state index in [2.05, 4.69) is 10.3 Å². The van der Waals surface area contributed by atoms with Crippen LogP contribution < -0.4 is 15.8 Å². The van der Waals surface area contributed by atoms with Gasteiger partial charge in [0.05, 0.1) is 37.6 Å². The third-order valence-corrected chi connectivity index (χ3v) is 6.21. The molecule has 33 heavy (non-hydrogen) atoms. The predicted octanol–water partition coefficient (Wildman–Crippen LogP) is 2.51. The molecule has 0 unspecified atom stereocenters. The maximum atomic E-state index is 11.3. The summed E-state index contributed by atoms with van der Waals surface area (Å²) in [4.78, 5) is 20.6. The minimum absolute atomic E-state index is 0.365. The summed E-state index contributed by atoms with van der Waals surface area (Å²) in [7, 11) is 1.68. The van der Waals surface area contributed by atoms with Gasteiger partial charge in [0.15, 0.2) is 0 Å². The smallest absolute Gasteiger partial charge is 0.317 e. The normalized spacial score (nSPS) is 20.7. The van der Waals surface area contributed by atoms with Gasteiger partial charge >= 0.3 is 6.03 Å². The fraction of sp³-hybridized carbons (Fsp3) is 0.435. The van der Waals surface area contributed by atoms with Crippen molar-refractivity contribution in [1.82, 2.24) is 14.5 Å². The molecule has 3 aromatic heterocycles. The van der Waals surface area contributed by atoms with E-state index in [0.717, 1.165) is 22.2 Å². The molecule has 10 nitrogen and oxygen atoms in total. The molecule has 5 rings (SSSR count). The summed E-state index contributed by atoms with van der Waals surface area (Å²) in [6, 6.07) is 4.94. The fourth-order valence-electron chi connectivity index (χ4n) is 4.21. The summed E-state index contributed by atoms with van der Waals surface area (Å²) in [5.41, 5.74) is 7.26. The molecule has 1 atom stereocenters. The number of nitrogens with two attached hydrogens (primary N) is 1. The Morgan fingerprint density at radius 2 is 2.18 bits per heavy atom. The van der Waals surface area contributed by atoms with Gasteiger partial charge in [0.1, 0.15) is 23.0 Å². The molecule has 0 spiro atoms. The van der Waals surface area contributed by atoms with Crippen molar-refractivity contribution in [2.45, 2.75) is 18.9 Å². The first kappa shape index (κ1) is 21.6. The Balaban J connectivity index is 1.60. The summed E-state index contributed by atoms with van der Waals surface area (Å²) < 4.78 is 24.9. The number of hydrogen-bond acceptors (Lipinski definition) is 7. The van der Waals surface area contributed by atoms with Crippen molar-refractivity contribution in [2.24, 2.45) is 11.7 Å². The van der Waals surface area contributed by atoms with Gasteiger partial charge in [0.2, 0.25) is 0 Å². The van der Waals surface area contributed by atoms with E-state index in [0.29, 0.717) is 62.8 Å². The average Bonchev–Trinajstić information content (AvgIpc) is 3.38. The number of primary amides is 1. The van der Waals surface area contributed by atoms with Gasteiger partial charge in [-0.15, -0.1) is 0 Å². The topological polar surface area (TPSA) is 123 Å². The number of aromatic nitrogens is 3.